The first-order valence-corrected chi connectivity index (χ1v) is 10.2. The summed E-state index contributed by atoms with van der Waals surface area (Å²) >= 11 is 0. The lowest BCUT2D eigenvalue weighted by molar-refractivity contribution is -0.122. The summed E-state index contributed by atoms with van der Waals surface area (Å²) in [4.78, 5) is 41.6. The van der Waals surface area contributed by atoms with Gasteiger partial charge in [-0.2, -0.15) is 0 Å². The minimum Gasteiger partial charge on any atom is -0.348 e. The number of aromatic nitrogens is 4. The third kappa shape index (κ3) is 4.75. The van der Waals surface area contributed by atoms with Crippen molar-refractivity contribution in [2.75, 3.05) is 0 Å². The Morgan fingerprint density at radius 3 is 2.44 bits per heavy atom. The maximum atomic E-state index is 12.8. The molecule has 2 aromatic heterocycles. The molecule has 162 valence electrons. The van der Waals surface area contributed by atoms with Gasteiger partial charge in [0.25, 0.3) is 5.56 Å². The molecule has 0 saturated carbocycles. The summed E-state index contributed by atoms with van der Waals surface area (Å²) in [5.41, 5.74) is 1.77. The van der Waals surface area contributed by atoms with Gasteiger partial charge in [-0.05, 0) is 30.2 Å². The van der Waals surface area contributed by atoms with Gasteiger partial charge in [-0.3, -0.25) is 18.7 Å². The Morgan fingerprint density at radius 1 is 1.00 bits per heavy atom. The number of hydrogen-bond acceptors (Lipinski definition) is 4. The molecule has 0 spiro atoms. The average molecular weight is 429 g/mol. The Morgan fingerprint density at radius 2 is 1.75 bits per heavy atom. The zero-order valence-electron chi connectivity index (χ0n) is 17.6. The van der Waals surface area contributed by atoms with Gasteiger partial charge in [0.2, 0.25) is 5.91 Å². The number of carbonyl (C=O) groups excluding carboxylic acids is 1. The van der Waals surface area contributed by atoms with E-state index in [2.05, 4.69) is 10.3 Å². The zero-order valence-corrected chi connectivity index (χ0v) is 17.6. The SMILES string of the molecule is CC(NC(=O)Cn1c(=O)ccn(Cc2ccccc2)c1=O)c1ccc(-n2ccnc2)cc1. The van der Waals surface area contributed by atoms with E-state index < -0.39 is 17.2 Å². The highest BCUT2D eigenvalue weighted by atomic mass is 16.2. The Bertz CT molecular complexity index is 1310. The number of imidazole rings is 1. The van der Waals surface area contributed by atoms with E-state index in [1.54, 1.807) is 12.5 Å². The van der Waals surface area contributed by atoms with Gasteiger partial charge < -0.3 is 9.88 Å². The van der Waals surface area contributed by atoms with Crippen molar-refractivity contribution in [1.29, 1.82) is 0 Å². The van der Waals surface area contributed by atoms with Gasteiger partial charge in [-0.1, -0.05) is 42.5 Å². The van der Waals surface area contributed by atoms with E-state index in [9.17, 15) is 14.4 Å². The Hall–Kier alpha value is -4.20. The number of nitrogens with one attached hydrogen (secondary N) is 1. The van der Waals surface area contributed by atoms with Crippen LogP contribution in [0.2, 0.25) is 0 Å². The molecule has 0 bridgehead atoms. The van der Waals surface area contributed by atoms with Crippen LogP contribution >= 0.6 is 0 Å². The number of rotatable bonds is 7. The highest BCUT2D eigenvalue weighted by molar-refractivity contribution is 5.76. The number of nitrogens with zero attached hydrogens (tertiary/aromatic N) is 4. The quantitative estimate of drug-likeness (QED) is 0.487. The fourth-order valence-electron chi connectivity index (χ4n) is 3.46. The van der Waals surface area contributed by atoms with E-state index in [1.165, 1.54) is 16.8 Å². The van der Waals surface area contributed by atoms with E-state index >= 15 is 0 Å². The smallest absolute Gasteiger partial charge is 0.331 e. The van der Waals surface area contributed by atoms with Gasteiger partial charge in [-0.25, -0.2) is 9.78 Å². The summed E-state index contributed by atoms with van der Waals surface area (Å²) in [6, 6.07) is 18.2. The van der Waals surface area contributed by atoms with Crippen molar-refractivity contribution in [3.05, 3.63) is 118 Å². The van der Waals surface area contributed by atoms with Crippen LogP contribution in [0.5, 0.6) is 0 Å². The van der Waals surface area contributed by atoms with Crippen molar-refractivity contribution in [2.24, 2.45) is 0 Å². The normalized spacial score (nSPS) is 11.8. The minimum absolute atomic E-state index is 0.287. The molecule has 0 radical (unpaired) electrons. The van der Waals surface area contributed by atoms with E-state index in [1.807, 2.05) is 72.3 Å². The summed E-state index contributed by atoms with van der Waals surface area (Å²) in [6.45, 7) is 1.83. The predicted molar refractivity (Wildman–Crippen MR) is 121 cm³/mol. The molecule has 4 aromatic rings. The number of hydrogen-bond donors (Lipinski definition) is 1. The maximum Gasteiger partial charge on any atom is 0.331 e. The van der Waals surface area contributed by atoms with Crippen molar-refractivity contribution in [3.63, 3.8) is 0 Å². The second kappa shape index (κ2) is 9.30. The zero-order chi connectivity index (χ0) is 22.5. The van der Waals surface area contributed by atoms with Gasteiger partial charge in [0.15, 0.2) is 0 Å². The predicted octanol–water partition coefficient (Wildman–Crippen LogP) is 2.12. The topological polar surface area (TPSA) is 90.9 Å². The molecule has 2 aromatic carbocycles. The molecule has 4 rings (SSSR count). The van der Waals surface area contributed by atoms with Crippen LogP contribution in [0.15, 0.2) is 95.2 Å². The Balaban J connectivity index is 1.45. The van der Waals surface area contributed by atoms with Crippen molar-refractivity contribution in [3.8, 4) is 5.69 Å². The molecule has 1 unspecified atom stereocenters. The maximum absolute atomic E-state index is 12.8. The fraction of sp³-hybridized carbons (Fsp3) is 0.167. The lowest BCUT2D eigenvalue weighted by Crippen LogP contribution is -2.43. The molecule has 1 N–H and O–H groups in total. The highest BCUT2D eigenvalue weighted by Crippen LogP contribution is 2.15. The second-order valence-corrected chi connectivity index (χ2v) is 7.49. The molecule has 2 heterocycles. The van der Waals surface area contributed by atoms with Gasteiger partial charge in [0.05, 0.1) is 18.9 Å². The third-order valence-electron chi connectivity index (χ3n) is 5.21. The summed E-state index contributed by atoms with van der Waals surface area (Å²) in [6.07, 6.45) is 6.72. The summed E-state index contributed by atoms with van der Waals surface area (Å²) in [7, 11) is 0. The van der Waals surface area contributed by atoms with Crippen LogP contribution in [0.25, 0.3) is 5.69 Å². The van der Waals surface area contributed by atoms with Crippen molar-refractivity contribution in [1.82, 2.24) is 24.0 Å². The molecule has 0 aliphatic carbocycles. The first-order valence-electron chi connectivity index (χ1n) is 10.2. The van der Waals surface area contributed by atoms with Crippen LogP contribution in [0.1, 0.15) is 24.1 Å². The summed E-state index contributed by atoms with van der Waals surface area (Å²) in [5, 5.41) is 2.86. The van der Waals surface area contributed by atoms with Crippen molar-refractivity contribution >= 4 is 5.91 Å². The third-order valence-corrected chi connectivity index (χ3v) is 5.21. The molecule has 1 amide bonds. The van der Waals surface area contributed by atoms with Crippen LogP contribution in [-0.4, -0.2) is 24.6 Å². The van der Waals surface area contributed by atoms with Crippen LogP contribution in [0, 0.1) is 0 Å². The molecule has 8 heteroatoms. The Kier molecular flexibility index (Phi) is 6.12. The average Bonchev–Trinajstić information content (AvgIpc) is 3.34. The van der Waals surface area contributed by atoms with Crippen LogP contribution in [0.4, 0.5) is 0 Å². The lowest BCUT2D eigenvalue weighted by atomic mass is 10.1. The van der Waals surface area contributed by atoms with Gasteiger partial charge in [-0.15, -0.1) is 0 Å². The van der Waals surface area contributed by atoms with E-state index in [0.717, 1.165) is 21.4 Å². The standard InChI is InChI=1S/C24H23N5O3/c1-18(20-7-9-21(10-8-20)28-14-12-25-17-28)26-22(30)16-29-23(31)11-13-27(24(29)32)15-19-5-3-2-4-6-19/h2-14,17-18H,15-16H2,1H3,(H,26,30). The second-order valence-electron chi connectivity index (χ2n) is 7.49. The molecule has 32 heavy (non-hydrogen) atoms. The highest BCUT2D eigenvalue weighted by Gasteiger charge is 2.14. The monoisotopic (exact) mass is 429 g/mol. The van der Waals surface area contributed by atoms with Gasteiger partial charge in [0.1, 0.15) is 6.54 Å². The van der Waals surface area contributed by atoms with Crippen LogP contribution < -0.4 is 16.6 Å². The molecule has 0 fully saturated rings. The number of amides is 1. The molecule has 0 saturated heterocycles. The van der Waals surface area contributed by atoms with Gasteiger partial charge in [0, 0.05) is 30.3 Å². The first-order chi connectivity index (χ1) is 15.5. The lowest BCUT2D eigenvalue weighted by Gasteiger charge is -2.16. The van der Waals surface area contributed by atoms with E-state index in [-0.39, 0.29) is 12.6 Å². The molecule has 0 aliphatic rings. The van der Waals surface area contributed by atoms with Gasteiger partial charge >= 0.3 is 5.69 Å². The largest absolute Gasteiger partial charge is 0.348 e. The summed E-state index contributed by atoms with van der Waals surface area (Å²) < 4.78 is 4.25. The minimum atomic E-state index is -0.520. The molecule has 8 nitrogen and oxygen atoms in total. The van der Waals surface area contributed by atoms with Crippen molar-refractivity contribution in [2.45, 2.75) is 26.1 Å². The van der Waals surface area contributed by atoms with Crippen LogP contribution in [0.3, 0.4) is 0 Å². The van der Waals surface area contributed by atoms with E-state index in [4.69, 9.17) is 0 Å². The number of benzene rings is 2. The molecule has 1 atom stereocenters. The van der Waals surface area contributed by atoms with Crippen molar-refractivity contribution < 1.29 is 4.79 Å². The Labute approximate surface area is 184 Å². The van der Waals surface area contributed by atoms with E-state index in [0.29, 0.717) is 6.54 Å². The summed E-state index contributed by atoms with van der Waals surface area (Å²) in [5.74, 6) is -0.409. The fourth-order valence-corrected chi connectivity index (χ4v) is 3.46. The van der Waals surface area contributed by atoms with Crippen LogP contribution in [-0.2, 0) is 17.9 Å². The first kappa shape index (κ1) is 21.0. The molecule has 0 aliphatic heterocycles. The number of carbonyl (C=O) groups is 1. The molecular formula is C24H23N5O3. The molecular weight excluding hydrogens is 406 g/mol.